The second-order valence-corrected chi connectivity index (χ2v) is 6.78. The van der Waals surface area contributed by atoms with E-state index in [9.17, 15) is 9.59 Å². The van der Waals surface area contributed by atoms with E-state index in [1.807, 2.05) is 68.4 Å². The number of amides is 1. The van der Waals surface area contributed by atoms with Gasteiger partial charge in [0.05, 0.1) is 18.9 Å². The summed E-state index contributed by atoms with van der Waals surface area (Å²) in [5, 5.41) is 3.95. The quantitative estimate of drug-likeness (QED) is 0.497. The number of hydrogen-bond acceptors (Lipinski definition) is 4. The lowest BCUT2D eigenvalue weighted by Crippen LogP contribution is -2.30. The summed E-state index contributed by atoms with van der Waals surface area (Å²) >= 11 is 0. The average Bonchev–Trinajstić information content (AvgIpc) is 2.71. The molecule has 0 aliphatic carbocycles. The maximum atomic E-state index is 12.6. The molecule has 29 heavy (non-hydrogen) atoms. The lowest BCUT2D eigenvalue weighted by molar-refractivity contribution is 0.0953. The highest BCUT2D eigenvalue weighted by molar-refractivity contribution is 5.94. The molecule has 3 aromatic rings. The molecule has 0 radical (unpaired) electrons. The second kappa shape index (κ2) is 9.50. The van der Waals surface area contributed by atoms with Gasteiger partial charge in [-0.2, -0.15) is 5.10 Å². The van der Waals surface area contributed by atoms with Crippen LogP contribution in [0.25, 0.3) is 0 Å². The van der Waals surface area contributed by atoms with Gasteiger partial charge in [-0.3, -0.25) is 9.59 Å². The highest BCUT2D eigenvalue weighted by atomic mass is 16.5. The highest BCUT2D eigenvalue weighted by Gasteiger charge is 2.11. The summed E-state index contributed by atoms with van der Waals surface area (Å²) in [5.41, 5.74) is 3.88. The fraction of sp³-hybridized carbons (Fsp3) is 0.174. The van der Waals surface area contributed by atoms with E-state index in [1.165, 1.54) is 16.8 Å². The molecule has 0 spiro atoms. The number of rotatable bonds is 7. The van der Waals surface area contributed by atoms with Crippen LogP contribution in [-0.4, -0.2) is 22.8 Å². The largest absolute Gasteiger partial charge is 0.491 e. The molecule has 0 fully saturated rings. The Hall–Kier alpha value is -3.67. The van der Waals surface area contributed by atoms with E-state index in [1.54, 1.807) is 12.3 Å². The van der Waals surface area contributed by atoms with Gasteiger partial charge in [0.15, 0.2) is 0 Å². The Labute approximate surface area is 169 Å². The Morgan fingerprint density at radius 1 is 1.07 bits per heavy atom. The molecule has 0 atom stereocenters. The Morgan fingerprint density at radius 3 is 2.48 bits per heavy atom. The summed E-state index contributed by atoms with van der Waals surface area (Å²) in [4.78, 5) is 25.0. The molecule has 2 aromatic carbocycles. The SMILES string of the molecule is CC(C)Oc1ccc(/C=N\NC(=O)c2cccn(Cc3ccccc3)c2=O)cc1. The molecule has 1 heterocycles. The van der Waals surface area contributed by atoms with Crippen LogP contribution in [0, 0.1) is 0 Å². The topological polar surface area (TPSA) is 72.7 Å². The average molecular weight is 389 g/mol. The maximum Gasteiger partial charge on any atom is 0.276 e. The van der Waals surface area contributed by atoms with Crippen LogP contribution in [-0.2, 0) is 6.54 Å². The number of aromatic nitrogens is 1. The third kappa shape index (κ3) is 5.65. The van der Waals surface area contributed by atoms with Crippen LogP contribution in [0.3, 0.4) is 0 Å². The fourth-order valence-corrected chi connectivity index (χ4v) is 2.74. The monoisotopic (exact) mass is 389 g/mol. The molecule has 148 valence electrons. The molecule has 0 aliphatic rings. The molecular weight excluding hydrogens is 366 g/mol. The van der Waals surface area contributed by atoms with Gasteiger partial charge in [0.1, 0.15) is 11.3 Å². The smallest absolute Gasteiger partial charge is 0.276 e. The first-order valence-corrected chi connectivity index (χ1v) is 9.36. The normalized spacial score (nSPS) is 11.0. The molecule has 1 aromatic heterocycles. The van der Waals surface area contributed by atoms with Gasteiger partial charge in [-0.15, -0.1) is 0 Å². The molecule has 1 N–H and O–H groups in total. The van der Waals surface area contributed by atoms with Crippen molar-refractivity contribution < 1.29 is 9.53 Å². The summed E-state index contributed by atoms with van der Waals surface area (Å²) in [7, 11) is 0. The van der Waals surface area contributed by atoms with E-state index in [0.717, 1.165) is 16.9 Å². The van der Waals surface area contributed by atoms with Crippen LogP contribution in [0.15, 0.2) is 82.8 Å². The molecule has 6 heteroatoms. The van der Waals surface area contributed by atoms with Crippen LogP contribution in [0.4, 0.5) is 0 Å². The minimum Gasteiger partial charge on any atom is -0.491 e. The van der Waals surface area contributed by atoms with Gasteiger partial charge < -0.3 is 9.30 Å². The third-order valence-corrected chi connectivity index (χ3v) is 4.09. The molecule has 3 rings (SSSR count). The second-order valence-electron chi connectivity index (χ2n) is 6.78. The van der Waals surface area contributed by atoms with Gasteiger partial charge >= 0.3 is 0 Å². The van der Waals surface area contributed by atoms with Crippen LogP contribution in [0.1, 0.15) is 35.3 Å². The first-order chi connectivity index (χ1) is 14.0. The van der Waals surface area contributed by atoms with E-state index in [2.05, 4.69) is 10.5 Å². The predicted octanol–water partition coefficient (Wildman–Crippen LogP) is 3.45. The molecule has 0 saturated heterocycles. The van der Waals surface area contributed by atoms with Crippen molar-refractivity contribution in [2.75, 3.05) is 0 Å². The van der Waals surface area contributed by atoms with E-state index in [4.69, 9.17) is 4.74 Å². The Bertz CT molecular complexity index is 1040. The van der Waals surface area contributed by atoms with Crippen molar-refractivity contribution in [2.24, 2.45) is 5.10 Å². The molecule has 0 saturated carbocycles. The Morgan fingerprint density at radius 2 is 1.79 bits per heavy atom. The van der Waals surface area contributed by atoms with Gasteiger partial charge in [0, 0.05) is 6.20 Å². The minimum absolute atomic E-state index is 0.0428. The standard InChI is InChI=1S/C23H23N3O3/c1-17(2)29-20-12-10-18(11-13-20)15-24-25-22(27)21-9-6-14-26(23(21)28)16-19-7-4-3-5-8-19/h3-15,17H,16H2,1-2H3,(H,25,27)/b24-15-. The third-order valence-electron chi connectivity index (χ3n) is 4.09. The number of benzene rings is 2. The van der Waals surface area contributed by atoms with Crippen molar-refractivity contribution in [3.63, 3.8) is 0 Å². The van der Waals surface area contributed by atoms with Crippen LogP contribution < -0.4 is 15.7 Å². The molecular formula is C23H23N3O3. The Balaban J connectivity index is 1.65. The number of nitrogens with zero attached hydrogens (tertiary/aromatic N) is 2. The maximum absolute atomic E-state index is 12.6. The first-order valence-electron chi connectivity index (χ1n) is 9.36. The van der Waals surface area contributed by atoms with Gasteiger partial charge in [-0.1, -0.05) is 30.3 Å². The zero-order valence-electron chi connectivity index (χ0n) is 16.4. The lowest BCUT2D eigenvalue weighted by atomic mass is 10.2. The molecule has 1 amide bonds. The van der Waals surface area contributed by atoms with Gasteiger partial charge in [0.2, 0.25) is 0 Å². The van der Waals surface area contributed by atoms with Crippen molar-refractivity contribution in [1.82, 2.24) is 9.99 Å². The van der Waals surface area contributed by atoms with Crippen LogP contribution in [0.5, 0.6) is 5.75 Å². The first kappa shape index (κ1) is 20.1. The fourth-order valence-electron chi connectivity index (χ4n) is 2.74. The van der Waals surface area contributed by atoms with Crippen molar-refractivity contribution >= 4 is 12.1 Å². The van der Waals surface area contributed by atoms with E-state index >= 15 is 0 Å². The summed E-state index contributed by atoms with van der Waals surface area (Å²) in [6, 6.07) is 20.1. The van der Waals surface area contributed by atoms with Crippen molar-refractivity contribution in [2.45, 2.75) is 26.5 Å². The van der Waals surface area contributed by atoms with E-state index in [0.29, 0.717) is 6.54 Å². The minimum atomic E-state index is -0.548. The number of pyridine rings is 1. The van der Waals surface area contributed by atoms with Crippen molar-refractivity contribution in [3.8, 4) is 5.75 Å². The summed E-state index contributed by atoms with van der Waals surface area (Å²) in [6.45, 7) is 4.32. The van der Waals surface area contributed by atoms with Crippen molar-refractivity contribution in [1.29, 1.82) is 0 Å². The van der Waals surface area contributed by atoms with E-state index in [-0.39, 0.29) is 17.2 Å². The lowest BCUT2D eigenvalue weighted by Gasteiger charge is -2.09. The number of ether oxygens (including phenoxy) is 1. The zero-order valence-corrected chi connectivity index (χ0v) is 16.4. The van der Waals surface area contributed by atoms with Gasteiger partial charge in [0.25, 0.3) is 11.5 Å². The number of carbonyl (C=O) groups is 1. The number of nitrogens with one attached hydrogen (secondary N) is 1. The van der Waals surface area contributed by atoms with E-state index < -0.39 is 5.91 Å². The number of carbonyl (C=O) groups excluding carboxylic acids is 1. The number of hydrogen-bond donors (Lipinski definition) is 1. The molecule has 6 nitrogen and oxygen atoms in total. The molecule has 0 aliphatic heterocycles. The van der Waals surface area contributed by atoms with Gasteiger partial charge in [-0.25, -0.2) is 5.43 Å². The predicted molar refractivity (Wildman–Crippen MR) is 114 cm³/mol. The number of hydrazone groups is 1. The summed E-state index contributed by atoms with van der Waals surface area (Å²) in [6.07, 6.45) is 3.28. The Kier molecular flexibility index (Phi) is 6.58. The highest BCUT2D eigenvalue weighted by Crippen LogP contribution is 2.12. The van der Waals surface area contributed by atoms with Crippen LogP contribution >= 0.6 is 0 Å². The summed E-state index contributed by atoms with van der Waals surface area (Å²) < 4.78 is 7.09. The summed E-state index contributed by atoms with van der Waals surface area (Å²) in [5.74, 6) is 0.220. The molecule has 0 unspecified atom stereocenters. The van der Waals surface area contributed by atoms with Gasteiger partial charge in [-0.05, 0) is 61.4 Å². The van der Waals surface area contributed by atoms with Crippen LogP contribution in [0.2, 0.25) is 0 Å². The molecule has 0 bridgehead atoms. The zero-order chi connectivity index (χ0) is 20.6. The van der Waals surface area contributed by atoms with Crippen molar-refractivity contribution in [3.05, 3.63) is 100.0 Å².